The summed E-state index contributed by atoms with van der Waals surface area (Å²) in [7, 11) is 2.11. The Morgan fingerprint density at radius 3 is 2.48 bits per heavy atom. The van der Waals surface area contributed by atoms with Crippen LogP contribution in [-0.4, -0.2) is 18.1 Å². The molecule has 1 saturated carbocycles. The lowest BCUT2D eigenvalue weighted by Crippen LogP contribution is -2.37. The van der Waals surface area contributed by atoms with Crippen molar-refractivity contribution in [2.24, 2.45) is 11.8 Å². The maximum Gasteiger partial charge on any atom is 0.0419 e. The molecular weight excluding hydrogens is 256 g/mol. The number of nitrogens with one attached hydrogen (secondary N) is 1. The standard InChI is InChI=1S/C19H32N2/c1-4-6-16-7-10-17(11-8-16)19(20-3)13-18-12-9-15(5-2)14-21-18/h9,12,14,16-17,19-20H,4-8,10-11,13H2,1-3H3. The third-order valence-corrected chi connectivity index (χ3v) is 5.25. The van der Waals surface area contributed by atoms with Crippen molar-refractivity contribution in [3.63, 3.8) is 0 Å². The van der Waals surface area contributed by atoms with Gasteiger partial charge in [0.2, 0.25) is 0 Å². The summed E-state index contributed by atoms with van der Waals surface area (Å²) in [6.07, 6.45) is 12.6. The van der Waals surface area contributed by atoms with Crippen LogP contribution in [0.1, 0.15) is 63.6 Å². The summed E-state index contributed by atoms with van der Waals surface area (Å²) in [5, 5.41) is 3.56. The van der Waals surface area contributed by atoms with Crippen LogP contribution in [0.15, 0.2) is 18.3 Å². The smallest absolute Gasteiger partial charge is 0.0419 e. The molecule has 1 aromatic heterocycles. The predicted molar refractivity (Wildman–Crippen MR) is 90.5 cm³/mol. The van der Waals surface area contributed by atoms with E-state index in [1.54, 1.807) is 0 Å². The van der Waals surface area contributed by atoms with Crippen molar-refractivity contribution in [1.82, 2.24) is 10.3 Å². The van der Waals surface area contributed by atoms with Crippen LogP contribution in [0, 0.1) is 11.8 Å². The second-order valence-electron chi connectivity index (χ2n) is 6.68. The Balaban J connectivity index is 1.87. The van der Waals surface area contributed by atoms with Crippen molar-refractivity contribution in [2.75, 3.05) is 7.05 Å². The third kappa shape index (κ3) is 4.81. The summed E-state index contributed by atoms with van der Waals surface area (Å²) in [4.78, 5) is 4.64. The maximum atomic E-state index is 4.64. The van der Waals surface area contributed by atoms with Crippen molar-refractivity contribution in [2.45, 2.75) is 71.3 Å². The highest BCUT2D eigenvalue weighted by Gasteiger charge is 2.26. The molecule has 1 atom stereocenters. The van der Waals surface area contributed by atoms with Gasteiger partial charge in [-0.1, -0.05) is 45.6 Å². The minimum absolute atomic E-state index is 0.590. The first-order valence-corrected chi connectivity index (χ1v) is 8.87. The Hall–Kier alpha value is -0.890. The second kappa shape index (κ2) is 8.53. The van der Waals surface area contributed by atoms with Crippen LogP contribution in [0.3, 0.4) is 0 Å². The lowest BCUT2D eigenvalue weighted by atomic mass is 9.76. The number of hydrogen-bond acceptors (Lipinski definition) is 2. The number of rotatable bonds is 7. The van der Waals surface area contributed by atoms with E-state index in [0.29, 0.717) is 6.04 Å². The van der Waals surface area contributed by atoms with E-state index >= 15 is 0 Å². The molecule has 2 heteroatoms. The Kier molecular flexibility index (Phi) is 6.69. The van der Waals surface area contributed by atoms with Gasteiger partial charge >= 0.3 is 0 Å². The zero-order chi connectivity index (χ0) is 15.1. The lowest BCUT2D eigenvalue weighted by molar-refractivity contribution is 0.217. The van der Waals surface area contributed by atoms with Crippen molar-refractivity contribution in [3.05, 3.63) is 29.6 Å². The second-order valence-corrected chi connectivity index (χ2v) is 6.68. The number of hydrogen-bond donors (Lipinski definition) is 1. The van der Waals surface area contributed by atoms with Crippen molar-refractivity contribution in [1.29, 1.82) is 0 Å². The highest BCUT2D eigenvalue weighted by molar-refractivity contribution is 5.14. The Labute approximate surface area is 130 Å². The van der Waals surface area contributed by atoms with Gasteiger partial charge in [-0.15, -0.1) is 0 Å². The first-order chi connectivity index (χ1) is 10.3. The van der Waals surface area contributed by atoms with E-state index in [1.165, 1.54) is 49.8 Å². The molecular formula is C19H32N2. The normalized spacial score (nSPS) is 24.0. The van der Waals surface area contributed by atoms with E-state index in [0.717, 1.165) is 24.7 Å². The Bertz CT molecular complexity index is 391. The van der Waals surface area contributed by atoms with Gasteiger partial charge in [-0.3, -0.25) is 4.98 Å². The molecule has 1 heterocycles. The summed E-state index contributed by atoms with van der Waals surface area (Å²) >= 11 is 0. The number of aryl methyl sites for hydroxylation is 1. The van der Waals surface area contributed by atoms with Crippen LogP contribution in [0.25, 0.3) is 0 Å². The van der Waals surface area contributed by atoms with Crippen molar-refractivity contribution >= 4 is 0 Å². The van der Waals surface area contributed by atoms with Crippen LogP contribution >= 0.6 is 0 Å². The summed E-state index contributed by atoms with van der Waals surface area (Å²) in [6, 6.07) is 5.03. The lowest BCUT2D eigenvalue weighted by Gasteiger charge is -2.33. The van der Waals surface area contributed by atoms with E-state index < -0.39 is 0 Å². The fourth-order valence-electron chi connectivity index (χ4n) is 3.80. The van der Waals surface area contributed by atoms with E-state index in [-0.39, 0.29) is 0 Å². The van der Waals surface area contributed by atoms with Gasteiger partial charge in [-0.2, -0.15) is 0 Å². The van der Waals surface area contributed by atoms with Crippen molar-refractivity contribution < 1.29 is 0 Å². The molecule has 21 heavy (non-hydrogen) atoms. The van der Waals surface area contributed by atoms with Gasteiger partial charge in [0.25, 0.3) is 0 Å². The molecule has 1 aromatic rings. The minimum atomic E-state index is 0.590. The molecule has 1 fully saturated rings. The van der Waals surface area contributed by atoms with Gasteiger partial charge in [0, 0.05) is 24.4 Å². The van der Waals surface area contributed by atoms with Crippen molar-refractivity contribution in [3.8, 4) is 0 Å². The third-order valence-electron chi connectivity index (χ3n) is 5.25. The van der Waals surface area contributed by atoms with Gasteiger partial charge in [0.15, 0.2) is 0 Å². The van der Waals surface area contributed by atoms with E-state index in [1.807, 2.05) is 6.20 Å². The zero-order valence-corrected chi connectivity index (χ0v) is 14.1. The molecule has 0 amide bonds. The van der Waals surface area contributed by atoms with E-state index in [2.05, 4.69) is 43.3 Å². The first-order valence-electron chi connectivity index (χ1n) is 8.87. The van der Waals surface area contributed by atoms with Gasteiger partial charge in [-0.05, 0) is 49.8 Å². The van der Waals surface area contributed by atoms with Gasteiger partial charge in [0.05, 0.1) is 0 Å². The molecule has 0 aromatic carbocycles. The summed E-state index contributed by atoms with van der Waals surface area (Å²) < 4.78 is 0. The van der Waals surface area contributed by atoms with Crippen LogP contribution in [0.2, 0.25) is 0 Å². The quantitative estimate of drug-likeness (QED) is 0.805. The zero-order valence-electron chi connectivity index (χ0n) is 14.1. The summed E-state index contributed by atoms with van der Waals surface area (Å²) in [5.41, 5.74) is 2.57. The SMILES string of the molecule is CCCC1CCC(C(Cc2ccc(CC)cn2)NC)CC1. The number of aromatic nitrogens is 1. The van der Waals surface area contributed by atoms with Gasteiger partial charge in [-0.25, -0.2) is 0 Å². The average molecular weight is 288 g/mol. The fourth-order valence-corrected chi connectivity index (χ4v) is 3.80. The molecule has 1 aliphatic rings. The molecule has 1 aliphatic carbocycles. The van der Waals surface area contributed by atoms with Crippen LogP contribution < -0.4 is 5.32 Å². The maximum absolute atomic E-state index is 4.64. The minimum Gasteiger partial charge on any atom is -0.316 e. The molecule has 1 N–H and O–H groups in total. The number of nitrogens with zero attached hydrogens (tertiary/aromatic N) is 1. The molecule has 0 spiro atoms. The highest BCUT2D eigenvalue weighted by Crippen LogP contribution is 2.33. The molecule has 1 unspecified atom stereocenters. The fraction of sp³-hybridized carbons (Fsp3) is 0.737. The predicted octanol–water partition coefficient (Wildman–Crippen LogP) is 4.38. The largest absolute Gasteiger partial charge is 0.316 e. The van der Waals surface area contributed by atoms with Gasteiger partial charge < -0.3 is 5.32 Å². The van der Waals surface area contributed by atoms with Gasteiger partial charge in [0.1, 0.15) is 0 Å². The number of likely N-dealkylation sites (N-methyl/N-ethyl adjacent to an activating group) is 1. The Morgan fingerprint density at radius 2 is 1.95 bits per heavy atom. The first kappa shape index (κ1) is 16.5. The van der Waals surface area contributed by atoms with Crippen LogP contribution in [-0.2, 0) is 12.8 Å². The average Bonchev–Trinajstić information content (AvgIpc) is 2.54. The molecule has 0 bridgehead atoms. The molecule has 118 valence electrons. The number of pyridine rings is 1. The van der Waals surface area contributed by atoms with E-state index in [4.69, 9.17) is 0 Å². The summed E-state index contributed by atoms with van der Waals surface area (Å²) in [6.45, 7) is 4.50. The molecule has 2 rings (SSSR count). The van der Waals surface area contributed by atoms with Crippen LogP contribution in [0.4, 0.5) is 0 Å². The Morgan fingerprint density at radius 1 is 1.19 bits per heavy atom. The van der Waals surface area contributed by atoms with Crippen LogP contribution in [0.5, 0.6) is 0 Å². The monoisotopic (exact) mass is 288 g/mol. The topological polar surface area (TPSA) is 24.9 Å². The van der Waals surface area contributed by atoms with E-state index in [9.17, 15) is 0 Å². The molecule has 2 nitrogen and oxygen atoms in total. The summed E-state index contributed by atoms with van der Waals surface area (Å²) in [5.74, 6) is 1.82. The molecule has 0 saturated heterocycles. The molecule has 0 aliphatic heterocycles. The molecule has 0 radical (unpaired) electrons. The highest BCUT2D eigenvalue weighted by atomic mass is 14.9.